The van der Waals surface area contributed by atoms with E-state index < -0.39 is 17.7 Å². The number of nitrogens with zero attached hydrogens (tertiary/aromatic N) is 4. The van der Waals surface area contributed by atoms with Crippen molar-refractivity contribution in [1.29, 1.82) is 0 Å². The Morgan fingerprint density at radius 2 is 1.85 bits per heavy atom. The van der Waals surface area contributed by atoms with Crippen molar-refractivity contribution in [2.24, 2.45) is 13.0 Å². The first-order valence-corrected chi connectivity index (χ1v) is 13.6. The van der Waals surface area contributed by atoms with Crippen LogP contribution in [0.5, 0.6) is 0 Å². The van der Waals surface area contributed by atoms with Gasteiger partial charge >= 0.3 is 5.97 Å². The fourth-order valence-electron chi connectivity index (χ4n) is 6.28. The van der Waals surface area contributed by atoms with Gasteiger partial charge in [0.15, 0.2) is 5.65 Å². The number of benzene rings is 2. The van der Waals surface area contributed by atoms with Crippen LogP contribution in [0.4, 0.5) is 4.39 Å². The molecule has 0 spiro atoms. The minimum Gasteiger partial charge on any atom is -0.481 e. The van der Waals surface area contributed by atoms with Gasteiger partial charge in [-0.15, -0.1) is 0 Å². The lowest BCUT2D eigenvalue weighted by Gasteiger charge is -2.35. The number of aryl methyl sites for hydroxylation is 1. The van der Waals surface area contributed by atoms with E-state index in [1.807, 2.05) is 34.7 Å². The number of carboxylic acids is 1. The number of carbonyl (C=O) groups is 2. The van der Waals surface area contributed by atoms with E-state index in [1.165, 1.54) is 17.2 Å². The van der Waals surface area contributed by atoms with Crippen molar-refractivity contribution >= 4 is 23.0 Å². The number of rotatable bonds is 5. The largest absolute Gasteiger partial charge is 0.481 e. The Kier molecular flexibility index (Phi) is 5.37. The van der Waals surface area contributed by atoms with Gasteiger partial charge < -0.3 is 14.6 Å². The zero-order valence-corrected chi connectivity index (χ0v) is 21.9. The molecule has 2 aliphatic carbocycles. The monoisotopic (exact) mass is 524 g/mol. The maximum absolute atomic E-state index is 15.4. The molecule has 1 aliphatic heterocycles. The fraction of sp³-hybridized carbons (Fsp3) is 0.355. The number of hydrogen-bond acceptors (Lipinski definition) is 4. The van der Waals surface area contributed by atoms with Gasteiger partial charge in [0.25, 0.3) is 5.91 Å². The molecule has 7 rings (SSSR count). The average Bonchev–Trinajstić information content (AvgIpc) is 3.85. The summed E-state index contributed by atoms with van der Waals surface area (Å²) in [5.41, 5.74) is 6.17. The van der Waals surface area contributed by atoms with Gasteiger partial charge in [0, 0.05) is 13.6 Å². The number of halogens is 1. The quantitative estimate of drug-likeness (QED) is 0.367. The van der Waals surface area contributed by atoms with E-state index in [2.05, 4.69) is 19.1 Å². The number of amides is 1. The summed E-state index contributed by atoms with van der Waals surface area (Å²) in [4.78, 5) is 36.4. The van der Waals surface area contributed by atoms with Gasteiger partial charge in [-0.25, -0.2) is 14.4 Å². The van der Waals surface area contributed by atoms with Crippen molar-refractivity contribution in [3.05, 3.63) is 82.3 Å². The second kappa shape index (κ2) is 8.73. The predicted molar refractivity (Wildman–Crippen MR) is 144 cm³/mol. The maximum Gasteiger partial charge on any atom is 0.307 e. The number of aromatic nitrogens is 3. The van der Waals surface area contributed by atoms with Crippen LogP contribution in [-0.4, -0.2) is 43.0 Å². The number of fused-ring (bicyclic) bond motifs is 2. The van der Waals surface area contributed by atoms with Crippen molar-refractivity contribution in [3.63, 3.8) is 0 Å². The Labute approximate surface area is 225 Å². The van der Waals surface area contributed by atoms with E-state index in [9.17, 15) is 14.7 Å². The summed E-state index contributed by atoms with van der Waals surface area (Å²) in [6.45, 7) is 2.69. The molecule has 39 heavy (non-hydrogen) atoms. The third-order valence-electron chi connectivity index (χ3n) is 8.73. The molecule has 3 aliphatic rings. The van der Waals surface area contributed by atoms with Crippen LogP contribution in [0.3, 0.4) is 0 Å². The molecule has 1 amide bonds. The second-order valence-corrected chi connectivity index (χ2v) is 11.2. The van der Waals surface area contributed by atoms with Gasteiger partial charge in [0.2, 0.25) is 0 Å². The Hall–Kier alpha value is -4.07. The molecule has 0 bridgehead atoms. The molecular formula is C31H29FN4O3. The molecule has 8 heteroatoms. The van der Waals surface area contributed by atoms with Gasteiger partial charge in [0.1, 0.15) is 17.3 Å². The van der Waals surface area contributed by atoms with Crippen molar-refractivity contribution in [1.82, 2.24) is 19.4 Å². The van der Waals surface area contributed by atoms with Crippen LogP contribution in [0.15, 0.2) is 48.5 Å². The zero-order valence-electron chi connectivity index (χ0n) is 21.9. The Balaban J connectivity index is 1.26. The lowest BCUT2D eigenvalue weighted by Crippen LogP contribution is -2.39. The molecule has 0 radical (unpaired) electrons. The number of pyridine rings is 1. The second-order valence-electron chi connectivity index (χ2n) is 11.2. The molecule has 4 aromatic rings. The van der Waals surface area contributed by atoms with Crippen LogP contribution < -0.4 is 0 Å². The minimum absolute atomic E-state index is 0.0524. The van der Waals surface area contributed by atoms with Crippen LogP contribution in [0.2, 0.25) is 0 Å². The van der Waals surface area contributed by atoms with E-state index in [-0.39, 0.29) is 17.9 Å². The maximum atomic E-state index is 15.4. The highest BCUT2D eigenvalue weighted by atomic mass is 19.1. The van der Waals surface area contributed by atoms with E-state index >= 15 is 4.39 Å². The van der Waals surface area contributed by atoms with Gasteiger partial charge in [-0.2, -0.15) is 0 Å². The smallest absolute Gasteiger partial charge is 0.307 e. The molecule has 2 aromatic heterocycles. The van der Waals surface area contributed by atoms with Crippen LogP contribution in [-0.2, 0) is 18.3 Å². The normalized spacial score (nSPS) is 22.1. The number of hydrogen-bond donors (Lipinski definition) is 1. The SMILES string of the molecule is C[C@@H]1c2ccccc2CCN1C(=O)c1cc(C2CC2)c2c(n1)nc(-c1ccc(C3CC3C(=O)O)cc1F)n2C. The van der Waals surface area contributed by atoms with Gasteiger partial charge in [-0.05, 0) is 84.9 Å². The predicted octanol–water partition coefficient (Wildman–Crippen LogP) is 5.60. The average molecular weight is 525 g/mol. The van der Waals surface area contributed by atoms with Crippen molar-refractivity contribution in [2.45, 2.75) is 50.5 Å². The fourth-order valence-corrected chi connectivity index (χ4v) is 6.28. The van der Waals surface area contributed by atoms with Crippen molar-refractivity contribution < 1.29 is 19.1 Å². The molecule has 0 saturated heterocycles. The first kappa shape index (κ1) is 24.0. The molecule has 3 heterocycles. The topological polar surface area (TPSA) is 88.3 Å². The summed E-state index contributed by atoms with van der Waals surface area (Å²) in [6, 6.07) is 15.0. The van der Waals surface area contributed by atoms with Crippen LogP contribution >= 0.6 is 0 Å². The molecule has 3 atom stereocenters. The molecule has 198 valence electrons. The Bertz CT molecular complexity index is 1670. The summed E-state index contributed by atoms with van der Waals surface area (Å²) in [7, 11) is 1.86. The highest BCUT2D eigenvalue weighted by Crippen LogP contribution is 2.48. The number of aliphatic carboxylic acids is 1. The van der Waals surface area contributed by atoms with E-state index in [0.29, 0.717) is 47.2 Å². The van der Waals surface area contributed by atoms with E-state index in [1.54, 1.807) is 12.1 Å². The first-order valence-electron chi connectivity index (χ1n) is 13.6. The molecule has 7 nitrogen and oxygen atoms in total. The molecular weight excluding hydrogens is 495 g/mol. The summed E-state index contributed by atoms with van der Waals surface area (Å²) < 4.78 is 17.2. The molecule has 2 saturated carbocycles. The van der Waals surface area contributed by atoms with Gasteiger partial charge in [-0.1, -0.05) is 30.3 Å². The summed E-state index contributed by atoms with van der Waals surface area (Å²) in [5, 5.41) is 9.24. The summed E-state index contributed by atoms with van der Waals surface area (Å²) in [6.07, 6.45) is 3.42. The van der Waals surface area contributed by atoms with Crippen LogP contribution in [0, 0.1) is 11.7 Å². The van der Waals surface area contributed by atoms with Gasteiger partial charge in [-0.3, -0.25) is 9.59 Å². The summed E-state index contributed by atoms with van der Waals surface area (Å²) >= 11 is 0. The minimum atomic E-state index is -0.841. The lowest BCUT2D eigenvalue weighted by atomic mass is 9.93. The third kappa shape index (κ3) is 3.92. The summed E-state index contributed by atoms with van der Waals surface area (Å²) in [5.74, 6) is -1.20. The van der Waals surface area contributed by atoms with E-state index in [0.717, 1.165) is 30.3 Å². The Morgan fingerprint density at radius 1 is 1.05 bits per heavy atom. The third-order valence-corrected chi connectivity index (χ3v) is 8.73. The molecule has 2 unspecified atom stereocenters. The van der Waals surface area contributed by atoms with Crippen molar-refractivity contribution in [2.75, 3.05) is 6.54 Å². The highest BCUT2D eigenvalue weighted by Gasteiger charge is 2.44. The highest BCUT2D eigenvalue weighted by molar-refractivity contribution is 5.96. The zero-order chi connectivity index (χ0) is 27.0. The molecule has 2 aromatic carbocycles. The number of carboxylic acid groups (broad SMARTS) is 1. The molecule has 1 N–H and O–H groups in total. The Morgan fingerprint density at radius 3 is 2.56 bits per heavy atom. The number of carbonyl (C=O) groups excluding carboxylic acids is 1. The first-order chi connectivity index (χ1) is 18.8. The lowest BCUT2D eigenvalue weighted by molar-refractivity contribution is -0.138. The van der Waals surface area contributed by atoms with E-state index in [4.69, 9.17) is 9.97 Å². The van der Waals surface area contributed by atoms with Crippen molar-refractivity contribution in [3.8, 4) is 11.4 Å². The van der Waals surface area contributed by atoms with Crippen LogP contribution in [0.1, 0.15) is 76.8 Å². The standard InChI is InChI=1S/C31H29FN4O3/c1-16-20-6-4-3-5-17(20)11-12-36(16)30(37)26-15-23(18-7-8-18)27-28(33-26)34-29(35(27)2)21-10-9-19(13-25(21)32)22-14-24(22)31(38)39/h3-6,9-10,13,15-16,18,22,24H,7-8,11-12,14H2,1-2H3,(H,38,39)/t16-,22?,24?/m1/s1. The number of imidazole rings is 1. The van der Waals surface area contributed by atoms with Crippen LogP contribution in [0.25, 0.3) is 22.6 Å². The molecule has 2 fully saturated rings. The van der Waals surface area contributed by atoms with Gasteiger partial charge in [0.05, 0.1) is 23.0 Å².